The molecule has 51 heavy (non-hydrogen) atoms. The van der Waals surface area contributed by atoms with Gasteiger partial charge in [0.25, 0.3) is 0 Å². The summed E-state index contributed by atoms with van der Waals surface area (Å²) in [6.45, 7) is 0. The Balaban J connectivity index is 1.23. The molecule has 238 valence electrons. The summed E-state index contributed by atoms with van der Waals surface area (Å²) in [5.41, 5.74) is 8.35. The van der Waals surface area contributed by atoms with E-state index in [1.54, 1.807) is 0 Å². The third-order valence-corrected chi connectivity index (χ3v) is 10.4. The van der Waals surface area contributed by atoms with E-state index in [0.29, 0.717) is 0 Å². The molecule has 0 unspecified atom stereocenters. The number of benzene rings is 10. The second-order valence-electron chi connectivity index (χ2n) is 13.3. The molecule has 0 aliphatic rings. The minimum absolute atomic E-state index is 1.11. The number of hydrogen-bond donors (Lipinski definition) is 0. The highest BCUT2D eigenvalue weighted by Crippen LogP contribution is 2.47. The summed E-state index contributed by atoms with van der Waals surface area (Å²) in [7, 11) is 0. The number of anilines is 3. The van der Waals surface area contributed by atoms with Crippen molar-refractivity contribution < 1.29 is 0 Å². The lowest BCUT2D eigenvalue weighted by Crippen LogP contribution is -2.10. The van der Waals surface area contributed by atoms with Gasteiger partial charge < -0.3 is 4.90 Å². The summed E-state index contributed by atoms with van der Waals surface area (Å²) in [6, 6.07) is 73.1. The first-order valence-electron chi connectivity index (χ1n) is 17.6. The van der Waals surface area contributed by atoms with Gasteiger partial charge in [-0.15, -0.1) is 0 Å². The maximum atomic E-state index is 2.43. The van der Waals surface area contributed by atoms with E-state index < -0.39 is 0 Å². The molecule has 10 aromatic rings. The Morgan fingerprint density at radius 2 is 0.706 bits per heavy atom. The van der Waals surface area contributed by atoms with Crippen LogP contribution in [-0.4, -0.2) is 0 Å². The normalized spacial score (nSPS) is 11.5. The summed E-state index contributed by atoms with van der Waals surface area (Å²) in [5, 5.41) is 12.5. The van der Waals surface area contributed by atoms with Crippen molar-refractivity contribution in [1.29, 1.82) is 0 Å². The van der Waals surface area contributed by atoms with Gasteiger partial charge in [0.15, 0.2) is 0 Å². The molecule has 0 amide bonds. The van der Waals surface area contributed by atoms with Crippen LogP contribution in [0.15, 0.2) is 200 Å². The minimum Gasteiger partial charge on any atom is -0.310 e. The van der Waals surface area contributed by atoms with Gasteiger partial charge in [0.2, 0.25) is 0 Å². The monoisotopic (exact) mass is 647 g/mol. The summed E-state index contributed by atoms with van der Waals surface area (Å²) in [5.74, 6) is 0. The molecular formula is C50H33N. The van der Waals surface area contributed by atoms with E-state index >= 15 is 0 Å². The Bertz CT molecular complexity index is 2900. The SMILES string of the molecule is c1ccc(-c2c(-c3ccc(N(c4ccc5ccccc5c4)c4cc5ccccc5c5ccccc45)cc3)c3ccccc3c3ccccc23)cc1. The number of hydrogen-bond acceptors (Lipinski definition) is 1. The van der Waals surface area contributed by atoms with E-state index in [4.69, 9.17) is 0 Å². The molecule has 0 bridgehead atoms. The van der Waals surface area contributed by atoms with Crippen molar-refractivity contribution in [2.24, 2.45) is 0 Å². The van der Waals surface area contributed by atoms with Crippen LogP contribution in [0, 0.1) is 0 Å². The van der Waals surface area contributed by atoms with Crippen molar-refractivity contribution in [3.8, 4) is 22.3 Å². The minimum atomic E-state index is 1.11. The van der Waals surface area contributed by atoms with Crippen LogP contribution in [0.3, 0.4) is 0 Å². The smallest absolute Gasteiger partial charge is 0.0546 e. The molecule has 0 aliphatic carbocycles. The first-order valence-corrected chi connectivity index (χ1v) is 17.6. The highest BCUT2D eigenvalue weighted by Gasteiger charge is 2.20. The largest absolute Gasteiger partial charge is 0.310 e. The maximum Gasteiger partial charge on any atom is 0.0546 e. The molecule has 0 atom stereocenters. The van der Waals surface area contributed by atoms with Gasteiger partial charge >= 0.3 is 0 Å². The fourth-order valence-corrected chi connectivity index (χ4v) is 8.09. The average Bonchev–Trinajstić information content (AvgIpc) is 3.21. The summed E-state index contributed by atoms with van der Waals surface area (Å²) in [6.07, 6.45) is 0. The Morgan fingerprint density at radius 3 is 1.35 bits per heavy atom. The molecule has 0 aliphatic heterocycles. The summed E-state index contributed by atoms with van der Waals surface area (Å²) < 4.78 is 0. The van der Waals surface area contributed by atoms with E-state index in [-0.39, 0.29) is 0 Å². The molecule has 0 aromatic heterocycles. The van der Waals surface area contributed by atoms with Crippen LogP contribution in [0.5, 0.6) is 0 Å². The number of nitrogens with zero attached hydrogens (tertiary/aromatic N) is 1. The van der Waals surface area contributed by atoms with Crippen molar-refractivity contribution in [3.05, 3.63) is 200 Å². The lowest BCUT2D eigenvalue weighted by molar-refractivity contribution is 1.31. The topological polar surface area (TPSA) is 3.24 Å². The van der Waals surface area contributed by atoms with Crippen molar-refractivity contribution >= 4 is 70.9 Å². The van der Waals surface area contributed by atoms with Crippen molar-refractivity contribution in [2.75, 3.05) is 4.90 Å². The van der Waals surface area contributed by atoms with Crippen LogP contribution in [0.2, 0.25) is 0 Å². The fraction of sp³-hybridized carbons (Fsp3) is 0. The summed E-state index contributed by atoms with van der Waals surface area (Å²) in [4.78, 5) is 2.43. The van der Waals surface area contributed by atoms with E-state index in [1.807, 2.05) is 0 Å². The zero-order valence-corrected chi connectivity index (χ0v) is 28.0. The third kappa shape index (κ3) is 4.86. The highest BCUT2D eigenvalue weighted by atomic mass is 15.1. The standard InChI is InChI=1S/C50H33N/c1-2-15-35(16-3-1)49-46-24-12-9-21-43(46)44-22-10-13-25-47(44)50(49)36-27-29-39(30-28-36)51(40-31-26-34-14-4-5-17-37(34)32-40)48-33-38-18-6-7-19-41(38)42-20-8-11-23-45(42)48/h1-33H. The Hall–Kier alpha value is -6.70. The van der Waals surface area contributed by atoms with Crippen LogP contribution in [0.4, 0.5) is 17.1 Å². The molecule has 0 spiro atoms. The first-order chi connectivity index (χ1) is 25.3. The predicted octanol–water partition coefficient (Wildman–Crippen LogP) is 14.3. The van der Waals surface area contributed by atoms with Gasteiger partial charge in [-0.25, -0.2) is 0 Å². The van der Waals surface area contributed by atoms with Gasteiger partial charge in [-0.2, -0.15) is 0 Å². The molecule has 0 radical (unpaired) electrons. The predicted molar refractivity (Wildman–Crippen MR) is 220 cm³/mol. The fourth-order valence-electron chi connectivity index (χ4n) is 8.09. The molecule has 10 aromatic carbocycles. The second kappa shape index (κ2) is 12.0. The first kappa shape index (κ1) is 29.2. The molecule has 1 heteroatoms. The van der Waals surface area contributed by atoms with Crippen LogP contribution < -0.4 is 4.90 Å². The molecular weight excluding hydrogens is 615 g/mol. The quantitative estimate of drug-likeness (QED) is 0.168. The number of rotatable bonds is 5. The summed E-state index contributed by atoms with van der Waals surface area (Å²) >= 11 is 0. The van der Waals surface area contributed by atoms with Crippen LogP contribution in [0.1, 0.15) is 0 Å². The maximum absolute atomic E-state index is 2.43. The van der Waals surface area contributed by atoms with Crippen LogP contribution in [0.25, 0.3) is 76.1 Å². The van der Waals surface area contributed by atoms with Gasteiger partial charge in [0.1, 0.15) is 0 Å². The Morgan fingerprint density at radius 1 is 0.255 bits per heavy atom. The van der Waals surface area contributed by atoms with Gasteiger partial charge in [-0.05, 0) is 101 Å². The van der Waals surface area contributed by atoms with Gasteiger partial charge in [0, 0.05) is 16.8 Å². The molecule has 0 fully saturated rings. The third-order valence-electron chi connectivity index (χ3n) is 10.4. The average molecular weight is 648 g/mol. The van der Waals surface area contributed by atoms with Crippen molar-refractivity contribution in [1.82, 2.24) is 0 Å². The molecule has 0 heterocycles. The lowest BCUT2D eigenvalue weighted by atomic mass is 9.85. The van der Waals surface area contributed by atoms with E-state index in [0.717, 1.165) is 17.1 Å². The van der Waals surface area contributed by atoms with Gasteiger partial charge in [-0.3, -0.25) is 0 Å². The molecule has 0 saturated heterocycles. The number of fused-ring (bicyclic) bond motifs is 7. The molecule has 1 nitrogen and oxygen atoms in total. The molecule has 0 saturated carbocycles. The van der Waals surface area contributed by atoms with Crippen LogP contribution >= 0.6 is 0 Å². The zero-order valence-electron chi connectivity index (χ0n) is 28.0. The van der Waals surface area contributed by atoms with E-state index in [1.165, 1.54) is 76.1 Å². The van der Waals surface area contributed by atoms with E-state index in [2.05, 4.69) is 205 Å². The Labute approximate surface area is 297 Å². The van der Waals surface area contributed by atoms with Crippen molar-refractivity contribution in [2.45, 2.75) is 0 Å². The zero-order chi connectivity index (χ0) is 33.7. The van der Waals surface area contributed by atoms with Crippen molar-refractivity contribution in [3.63, 3.8) is 0 Å². The van der Waals surface area contributed by atoms with Gasteiger partial charge in [0.05, 0.1) is 5.69 Å². The van der Waals surface area contributed by atoms with Gasteiger partial charge in [-0.1, -0.05) is 170 Å². The second-order valence-corrected chi connectivity index (χ2v) is 13.3. The molecule has 0 N–H and O–H groups in total. The highest BCUT2D eigenvalue weighted by molar-refractivity contribution is 6.21. The Kier molecular flexibility index (Phi) is 6.89. The van der Waals surface area contributed by atoms with E-state index in [9.17, 15) is 0 Å². The lowest BCUT2D eigenvalue weighted by Gasteiger charge is -2.28. The van der Waals surface area contributed by atoms with Crippen LogP contribution in [-0.2, 0) is 0 Å². The molecule has 10 rings (SSSR count).